The fourth-order valence-electron chi connectivity index (χ4n) is 1.54. The van der Waals surface area contributed by atoms with E-state index < -0.39 is 0 Å². The largest absolute Gasteiger partial charge is 0.303 e. The molecule has 0 radical (unpaired) electrons. The van der Waals surface area contributed by atoms with Crippen LogP contribution < -0.4 is 0 Å². The third-order valence-electron chi connectivity index (χ3n) is 2.43. The van der Waals surface area contributed by atoms with Gasteiger partial charge in [0.25, 0.3) is 0 Å². The number of aromatic nitrogens is 2. The molecule has 0 spiro atoms. The fourth-order valence-corrected chi connectivity index (χ4v) is 2.28. The highest BCUT2D eigenvalue weighted by atomic mass is 79.9. The molecule has 0 N–H and O–H groups in total. The second kappa shape index (κ2) is 4.58. The van der Waals surface area contributed by atoms with Gasteiger partial charge in [-0.3, -0.25) is 0 Å². The van der Waals surface area contributed by atoms with Crippen LogP contribution in [0.3, 0.4) is 0 Å². The van der Waals surface area contributed by atoms with Crippen molar-refractivity contribution in [3.8, 4) is 0 Å². The second-order valence-electron chi connectivity index (χ2n) is 3.47. The Bertz CT molecular complexity index is 479. The summed E-state index contributed by atoms with van der Waals surface area (Å²) in [6, 6.07) is 4.09. The third kappa shape index (κ3) is 2.21. The number of rotatable bonds is 3. The first kappa shape index (κ1) is 11.0. The zero-order valence-corrected chi connectivity index (χ0v) is 11.2. The highest BCUT2D eigenvalue weighted by Gasteiger charge is 2.04. The summed E-state index contributed by atoms with van der Waals surface area (Å²) in [5, 5.41) is 0. The molecule has 0 saturated heterocycles. The smallest absolute Gasteiger partial charge is 0.137 e. The summed E-state index contributed by atoms with van der Waals surface area (Å²) in [5.41, 5.74) is 3.41. The molecule has 0 atom stereocenters. The summed E-state index contributed by atoms with van der Waals surface area (Å²) in [5.74, 6) is 1.13. The summed E-state index contributed by atoms with van der Waals surface area (Å²) in [6.07, 6.45) is 5.29. The Balaban J connectivity index is 2.42. The van der Waals surface area contributed by atoms with E-state index in [1.807, 2.05) is 17.8 Å². The predicted molar refractivity (Wildman–Crippen MR) is 69.7 cm³/mol. The molecule has 80 valence electrons. The van der Waals surface area contributed by atoms with Crippen LogP contribution in [0.1, 0.15) is 11.4 Å². The van der Waals surface area contributed by atoms with E-state index in [0.717, 1.165) is 22.3 Å². The van der Waals surface area contributed by atoms with Crippen LogP contribution in [0.15, 0.2) is 22.8 Å². The molecule has 2 nitrogen and oxygen atoms in total. The van der Waals surface area contributed by atoms with Crippen LogP contribution in [-0.2, 0) is 6.42 Å². The van der Waals surface area contributed by atoms with Gasteiger partial charge in [-0.05, 0) is 47.0 Å². The molecule has 4 heteroatoms. The standard InChI is InChI=1S/C11H13BrN2S/c1-8-10(12)3-4-11-13-9(5-6-15-2)7-14(8)11/h3-4,7H,5-6H2,1-2H3. The molecule has 2 rings (SSSR count). The summed E-state index contributed by atoms with van der Waals surface area (Å²) < 4.78 is 3.27. The van der Waals surface area contributed by atoms with Crippen LogP contribution >= 0.6 is 27.7 Å². The van der Waals surface area contributed by atoms with Crippen molar-refractivity contribution in [2.24, 2.45) is 0 Å². The number of fused-ring (bicyclic) bond motifs is 1. The minimum absolute atomic E-state index is 1.03. The van der Waals surface area contributed by atoms with Crippen molar-refractivity contribution in [2.45, 2.75) is 13.3 Å². The molecule has 0 unspecified atom stereocenters. The lowest BCUT2D eigenvalue weighted by molar-refractivity contribution is 1.06. The van der Waals surface area contributed by atoms with E-state index in [4.69, 9.17) is 0 Å². The van der Waals surface area contributed by atoms with Crippen LogP contribution in [0.5, 0.6) is 0 Å². The number of pyridine rings is 1. The van der Waals surface area contributed by atoms with Gasteiger partial charge in [0.2, 0.25) is 0 Å². The van der Waals surface area contributed by atoms with Gasteiger partial charge in [0.1, 0.15) is 5.65 Å². The van der Waals surface area contributed by atoms with Gasteiger partial charge in [-0.15, -0.1) is 0 Å². The average molecular weight is 285 g/mol. The highest BCUT2D eigenvalue weighted by molar-refractivity contribution is 9.10. The van der Waals surface area contributed by atoms with Crippen molar-refractivity contribution < 1.29 is 0 Å². The summed E-state index contributed by atoms with van der Waals surface area (Å²) in [4.78, 5) is 4.58. The Morgan fingerprint density at radius 1 is 1.47 bits per heavy atom. The van der Waals surface area contributed by atoms with Gasteiger partial charge in [-0.25, -0.2) is 4.98 Å². The van der Waals surface area contributed by atoms with Crippen LogP contribution in [-0.4, -0.2) is 21.4 Å². The summed E-state index contributed by atoms with van der Waals surface area (Å²) in [6.45, 7) is 2.09. The number of hydrogen-bond donors (Lipinski definition) is 0. The molecule has 0 fully saturated rings. The van der Waals surface area contributed by atoms with Crippen molar-refractivity contribution in [1.82, 2.24) is 9.38 Å². The minimum Gasteiger partial charge on any atom is -0.303 e. The third-order valence-corrected chi connectivity index (χ3v) is 3.88. The highest BCUT2D eigenvalue weighted by Crippen LogP contribution is 2.18. The molecular formula is C11H13BrN2S. The monoisotopic (exact) mass is 284 g/mol. The SMILES string of the molecule is CSCCc1cn2c(C)c(Br)ccc2n1. The van der Waals surface area contributed by atoms with Gasteiger partial charge in [-0.1, -0.05) is 0 Å². The van der Waals surface area contributed by atoms with Crippen LogP contribution in [0.2, 0.25) is 0 Å². The lowest BCUT2D eigenvalue weighted by Gasteiger charge is -2.00. The Morgan fingerprint density at radius 2 is 2.27 bits per heavy atom. The van der Waals surface area contributed by atoms with E-state index in [1.54, 1.807) is 0 Å². The van der Waals surface area contributed by atoms with Crippen molar-refractivity contribution in [3.05, 3.63) is 34.2 Å². The lowest BCUT2D eigenvalue weighted by atomic mass is 10.3. The van der Waals surface area contributed by atoms with E-state index in [2.05, 4.69) is 50.8 Å². The van der Waals surface area contributed by atoms with Gasteiger partial charge >= 0.3 is 0 Å². The number of imidazole rings is 1. The molecule has 2 aromatic rings. The first-order valence-electron chi connectivity index (χ1n) is 4.84. The topological polar surface area (TPSA) is 17.3 Å². The van der Waals surface area contributed by atoms with E-state index in [-0.39, 0.29) is 0 Å². The van der Waals surface area contributed by atoms with Gasteiger partial charge in [0.05, 0.1) is 5.69 Å². The van der Waals surface area contributed by atoms with Crippen LogP contribution in [0, 0.1) is 6.92 Å². The molecule has 0 amide bonds. The molecule has 0 aliphatic rings. The van der Waals surface area contributed by atoms with Crippen molar-refractivity contribution in [3.63, 3.8) is 0 Å². The molecule has 2 heterocycles. The normalized spacial score (nSPS) is 11.1. The Morgan fingerprint density at radius 3 is 3.00 bits per heavy atom. The zero-order chi connectivity index (χ0) is 10.8. The van der Waals surface area contributed by atoms with E-state index in [9.17, 15) is 0 Å². The maximum Gasteiger partial charge on any atom is 0.137 e. The number of nitrogens with zero attached hydrogens (tertiary/aromatic N) is 2. The fraction of sp³-hybridized carbons (Fsp3) is 0.364. The van der Waals surface area contributed by atoms with Gasteiger partial charge < -0.3 is 4.40 Å². The van der Waals surface area contributed by atoms with Crippen LogP contribution in [0.4, 0.5) is 0 Å². The average Bonchev–Trinajstić information content (AvgIpc) is 2.64. The first-order valence-corrected chi connectivity index (χ1v) is 7.03. The lowest BCUT2D eigenvalue weighted by Crippen LogP contribution is -1.89. The molecule has 0 aromatic carbocycles. The number of aryl methyl sites for hydroxylation is 2. The summed E-state index contributed by atoms with van der Waals surface area (Å²) >= 11 is 5.38. The molecule has 0 saturated carbocycles. The van der Waals surface area contributed by atoms with Crippen molar-refractivity contribution in [1.29, 1.82) is 0 Å². The van der Waals surface area contributed by atoms with Crippen molar-refractivity contribution >= 4 is 33.3 Å². The Hall–Kier alpha value is -0.480. The van der Waals surface area contributed by atoms with Gasteiger partial charge in [0.15, 0.2) is 0 Å². The van der Waals surface area contributed by atoms with E-state index in [1.165, 1.54) is 11.4 Å². The van der Waals surface area contributed by atoms with Crippen molar-refractivity contribution in [2.75, 3.05) is 12.0 Å². The maximum absolute atomic E-state index is 4.58. The predicted octanol–water partition coefficient (Wildman–Crippen LogP) is 3.31. The van der Waals surface area contributed by atoms with Gasteiger partial charge in [-0.2, -0.15) is 11.8 Å². The zero-order valence-electron chi connectivity index (χ0n) is 8.83. The summed E-state index contributed by atoms with van der Waals surface area (Å²) in [7, 11) is 0. The Labute approximate surface area is 102 Å². The second-order valence-corrected chi connectivity index (χ2v) is 5.31. The molecule has 15 heavy (non-hydrogen) atoms. The number of halogens is 1. The molecule has 0 aliphatic carbocycles. The Kier molecular flexibility index (Phi) is 3.36. The van der Waals surface area contributed by atoms with E-state index in [0.29, 0.717) is 0 Å². The van der Waals surface area contributed by atoms with E-state index >= 15 is 0 Å². The number of hydrogen-bond acceptors (Lipinski definition) is 2. The number of thioether (sulfide) groups is 1. The molecule has 0 aliphatic heterocycles. The molecule has 0 bridgehead atoms. The van der Waals surface area contributed by atoms with Crippen LogP contribution in [0.25, 0.3) is 5.65 Å². The quantitative estimate of drug-likeness (QED) is 0.860. The minimum atomic E-state index is 1.03. The van der Waals surface area contributed by atoms with Gasteiger partial charge in [0, 0.05) is 22.8 Å². The maximum atomic E-state index is 4.58. The first-order chi connectivity index (χ1) is 7.22. The molecular weight excluding hydrogens is 272 g/mol. The molecule has 2 aromatic heterocycles.